The van der Waals surface area contributed by atoms with E-state index < -0.39 is 10.0 Å². The average Bonchev–Trinajstić information content (AvgIpc) is 2.50. The van der Waals surface area contributed by atoms with Crippen molar-refractivity contribution >= 4 is 21.6 Å². The van der Waals surface area contributed by atoms with Crippen molar-refractivity contribution in [3.8, 4) is 5.75 Å². The summed E-state index contributed by atoms with van der Waals surface area (Å²) in [5.41, 5.74) is 0.607. The Balaban J connectivity index is 2.02. The summed E-state index contributed by atoms with van der Waals surface area (Å²) in [7, 11) is -2.07. The smallest absolute Gasteiger partial charge is 0.240 e. The van der Waals surface area contributed by atoms with Gasteiger partial charge < -0.3 is 10.1 Å². The van der Waals surface area contributed by atoms with Gasteiger partial charge in [-0.2, -0.15) is 0 Å². The van der Waals surface area contributed by atoms with E-state index in [1.54, 1.807) is 13.0 Å². The van der Waals surface area contributed by atoms with Crippen molar-refractivity contribution in [2.75, 3.05) is 46.4 Å². The number of hydrogen-bond acceptors (Lipinski definition) is 5. The van der Waals surface area contributed by atoms with Gasteiger partial charge in [-0.05, 0) is 24.6 Å². The van der Waals surface area contributed by atoms with Gasteiger partial charge in [0.1, 0.15) is 5.75 Å². The second kappa shape index (κ2) is 7.61. The van der Waals surface area contributed by atoms with Gasteiger partial charge in [-0.1, -0.05) is 11.6 Å². The van der Waals surface area contributed by atoms with Crippen molar-refractivity contribution < 1.29 is 13.2 Å². The van der Waals surface area contributed by atoms with Crippen LogP contribution in [0.4, 0.5) is 0 Å². The molecular formula is C14H22ClN3O3S. The fourth-order valence-corrected chi connectivity index (χ4v) is 4.01. The van der Waals surface area contributed by atoms with Crippen LogP contribution < -0.4 is 14.8 Å². The number of nitrogens with zero attached hydrogens (tertiary/aromatic N) is 1. The minimum Gasteiger partial charge on any atom is -0.495 e. The fourth-order valence-electron chi connectivity index (χ4n) is 2.43. The molecule has 1 aliphatic rings. The second-order valence-electron chi connectivity index (χ2n) is 5.24. The average molecular weight is 348 g/mol. The van der Waals surface area contributed by atoms with Crippen LogP contribution in [0.2, 0.25) is 5.02 Å². The molecule has 0 unspecified atom stereocenters. The second-order valence-corrected chi connectivity index (χ2v) is 7.38. The Kier molecular flexibility index (Phi) is 6.05. The quantitative estimate of drug-likeness (QED) is 0.798. The van der Waals surface area contributed by atoms with E-state index in [-0.39, 0.29) is 9.92 Å². The normalized spacial score (nSPS) is 16.7. The first-order chi connectivity index (χ1) is 10.4. The summed E-state index contributed by atoms with van der Waals surface area (Å²) in [5.74, 6) is 0.471. The van der Waals surface area contributed by atoms with Gasteiger partial charge in [0.2, 0.25) is 10.0 Å². The van der Waals surface area contributed by atoms with E-state index in [1.165, 1.54) is 13.2 Å². The van der Waals surface area contributed by atoms with Gasteiger partial charge in [-0.3, -0.25) is 4.90 Å². The summed E-state index contributed by atoms with van der Waals surface area (Å²) in [6.45, 7) is 6.57. The molecule has 2 N–H and O–H groups in total. The number of halogens is 1. The molecule has 0 radical (unpaired) electrons. The van der Waals surface area contributed by atoms with Crippen molar-refractivity contribution in [2.24, 2.45) is 0 Å². The SMILES string of the molecule is COc1cc(C)c(S(=O)(=O)NCCN2CCNCC2)cc1Cl. The van der Waals surface area contributed by atoms with Crippen LogP contribution in [0.5, 0.6) is 5.75 Å². The highest BCUT2D eigenvalue weighted by atomic mass is 35.5. The molecule has 1 fully saturated rings. The lowest BCUT2D eigenvalue weighted by Gasteiger charge is -2.27. The summed E-state index contributed by atoms with van der Waals surface area (Å²) < 4.78 is 32.5. The molecule has 1 aliphatic heterocycles. The first-order valence-electron chi connectivity index (χ1n) is 7.21. The number of benzene rings is 1. The van der Waals surface area contributed by atoms with Crippen molar-refractivity contribution in [1.29, 1.82) is 0 Å². The molecule has 22 heavy (non-hydrogen) atoms. The molecule has 0 bridgehead atoms. The third kappa shape index (κ3) is 4.33. The van der Waals surface area contributed by atoms with E-state index >= 15 is 0 Å². The molecular weight excluding hydrogens is 326 g/mol. The van der Waals surface area contributed by atoms with Gasteiger partial charge in [0, 0.05) is 39.3 Å². The first kappa shape index (κ1) is 17.5. The third-order valence-corrected chi connectivity index (χ3v) is 5.57. The van der Waals surface area contributed by atoms with Gasteiger partial charge >= 0.3 is 0 Å². The van der Waals surface area contributed by atoms with E-state index in [9.17, 15) is 8.42 Å². The Morgan fingerprint density at radius 3 is 2.68 bits per heavy atom. The molecule has 0 aliphatic carbocycles. The molecule has 1 heterocycles. The van der Waals surface area contributed by atoms with Gasteiger partial charge in [0.05, 0.1) is 17.0 Å². The highest BCUT2D eigenvalue weighted by molar-refractivity contribution is 7.89. The molecule has 2 rings (SSSR count). The maximum Gasteiger partial charge on any atom is 0.240 e. The third-order valence-electron chi connectivity index (χ3n) is 3.67. The molecule has 0 amide bonds. The standard InChI is InChI=1S/C14H22ClN3O3S/c1-11-9-13(21-2)12(15)10-14(11)22(19,20)17-5-8-18-6-3-16-4-7-18/h9-10,16-17H,3-8H2,1-2H3. The number of piperazine rings is 1. The molecule has 0 atom stereocenters. The van der Waals surface area contributed by atoms with Gasteiger partial charge in [-0.15, -0.1) is 0 Å². The molecule has 124 valence electrons. The van der Waals surface area contributed by atoms with Crippen LogP contribution in [0.15, 0.2) is 17.0 Å². The zero-order chi connectivity index (χ0) is 16.2. The number of hydrogen-bond donors (Lipinski definition) is 2. The number of aryl methyl sites for hydroxylation is 1. The molecule has 6 nitrogen and oxygen atoms in total. The predicted molar refractivity (Wildman–Crippen MR) is 87.2 cm³/mol. The Bertz CT molecular complexity index is 616. The molecule has 0 spiro atoms. The van der Waals surface area contributed by atoms with E-state index in [0.717, 1.165) is 26.2 Å². The summed E-state index contributed by atoms with van der Waals surface area (Å²) >= 11 is 6.03. The number of ether oxygens (including phenoxy) is 1. The summed E-state index contributed by atoms with van der Waals surface area (Å²) in [6, 6.07) is 3.07. The monoisotopic (exact) mass is 347 g/mol. The minimum atomic E-state index is -3.57. The summed E-state index contributed by atoms with van der Waals surface area (Å²) in [5, 5.41) is 3.55. The van der Waals surface area contributed by atoms with E-state index in [0.29, 0.717) is 24.4 Å². The largest absolute Gasteiger partial charge is 0.495 e. The van der Waals surface area contributed by atoms with Gasteiger partial charge in [-0.25, -0.2) is 13.1 Å². The minimum absolute atomic E-state index is 0.193. The summed E-state index contributed by atoms with van der Waals surface area (Å²) in [4.78, 5) is 2.42. The fraction of sp³-hybridized carbons (Fsp3) is 0.571. The van der Waals surface area contributed by atoms with Crippen LogP contribution in [0.3, 0.4) is 0 Å². The topological polar surface area (TPSA) is 70.7 Å². The van der Waals surface area contributed by atoms with Crippen molar-refractivity contribution in [3.05, 3.63) is 22.7 Å². The summed E-state index contributed by atoms with van der Waals surface area (Å²) in [6.07, 6.45) is 0. The van der Waals surface area contributed by atoms with Crippen LogP contribution in [-0.2, 0) is 10.0 Å². The Labute approximate surface area is 136 Å². The lowest BCUT2D eigenvalue weighted by Crippen LogP contribution is -2.46. The molecule has 1 aromatic carbocycles. The van der Waals surface area contributed by atoms with Crippen molar-refractivity contribution in [1.82, 2.24) is 14.9 Å². The number of sulfonamides is 1. The van der Waals surface area contributed by atoms with E-state index in [4.69, 9.17) is 16.3 Å². The van der Waals surface area contributed by atoms with Crippen LogP contribution in [0.25, 0.3) is 0 Å². The lowest BCUT2D eigenvalue weighted by atomic mass is 10.2. The molecule has 0 aromatic heterocycles. The zero-order valence-electron chi connectivity index (χ0n) is 12.9. The Morgan fingerprint density at radius 1 is 1.36 bits per heavy atom. The Morgan fingerprint density at radius 2 is 2.05 bits per heavy atom. The number of rotatable bonds is 6. The molecule has 8 heteroatoms. The maximum atomic E-state index is 12.4. The highest BCUT2D eigenvalue weighted by Gasteiger charge is 2.19. The number of nitrogens with one attached hydrogen (secondary N) is 2. The first-order valence-corrected chi connectivity index (χ1v) is 9.07. The van der Waals surface area contributed by atoms with Crippen LogP contribution in [-0.4, -0.2) is 59.7 Å². The van der Waals surface area contributed by atoms with Crippen molar-refractivity contribution in [3.63, 3.8) is 0 Å². The van der Waals surface area contributed by atoms with Crippen molar-refractivity contribution in [2.45, 2.75) is 11.8 Å². The zero-order valence-corrected chi connectivity index (χ0v) is 14.4. The lowest BCUT2D eigenvalue weighted by molar-refractivity contribution is 0.245. The number of methoxy groups -OCH3 is 1. The van der Waals surface area contributed by atoms with Crippen LogP contribution in [0, 0.1) is 6.92 Å². The van der Waals surface area contributed by atoms with Gasteiger partial charge in [0.25, 0.3) is 0 Å². The Hall–Kier alpha value is -0.860. The molecule has 1 aromatic rings. The van der Waals surface area contributed by atoms with E-state index in [2.05, 4.69) is 14.9 Å². The van der Waals surface area contributed by atoms with Gasteiger partial charge in [0.15, 0.2) is 0 Å². The highest BCUT2D eigenvalue weighted by Crippen LogP contribution is 2.29. The maximum absolute atomic E-state index is 12.4. The predicted octanol–water partition coefficient (Wildman–Crippen LogP) is 0.841. The molecule has 0 saturated carbocycles. The molecule has 1 saturated heterocycles. The van der Waals surface area contributed by atoms with Crippen LogP contribution in [0.1, 0.15) is 5.56 Å². The van der Waals surface area contributed by atoms with E-state index in [1.807, 2.05) is 0 Å². The van der Waals surface area contributed by atoms with Crippen LogP contribution >= 0.6 is 11.6 Å².